The Labute approximate surface area is 137 Å². The van der Waals surface area contributed by atoms with Gasteiger partial charge in [0.25, 0.3) is 0 Å². The van der Waals surface area contributed by atoms with Crippen LogP contribution >= 0.6 is 31.9 Å². The summed E-state index contributed by atoms with van der Waals surface area (Å²) in [7, 11) is 0. The number of hydrogen-bond acceptors (Lipinski definition) is 1. The largest absolute Gasteiger partial charge is 0.353 e. The molecule has 0 radical (unpaired) electrons. The summed E-state index contributed by atoms with van der Waals surface area (Å²) >= 11 is 7.25. The third kappa shape index (κ3) is 15.1. The van der Waals surface area contributed by atoms with Crippen molar-refractivity contribution in [3.05, 3.63) is 0 Å². The maximum absolute atomic E-state index is 5.90. The van der Waals surface area contributed by atoms with Gasteiger partial charge in [0.15, 0.2) is 0 Å². The number of unbranched alkanes of at least 4 members (excludes halogenated alkanes) is 2. The molecule has 0 N–H and O–H groups in total. The van der Waals surface area contributed by atoms with Crippen molar-refractivity contribution in [2.45, 2.75) is 89.1 Å². The predicted octanol–water partition coefficient (Wildman–Crippen LogP) is 6.88. The van der Waals surface area contributed by atoms with Gasteiger partial charge in [-0.3, -0.25) is 0 Å². The van der Waals surface area contributed by atoms with Gasteiger partial charge in [-0.1, -0.05) is 85.2 Å². The van der Waals surface area contributed by atoms with Gasteiger partial charge in [0.05, 0.1) is 0 Å². The van der Waals surface area contributed by atoms with E-state index in [2.05, 4.69) is 59.6 Å². The second-order valence-electron chi connectivity index (χ2n) is 6.31. The second-order valence-corrected chi connectivity index (χ2v) is 8.36. The number of halogens is 2. The summed E-state index contributed by atoms with van der Waals surface area (Å²) in [6.45, 7) is 9.14. The molecular weight excluding hydrogens is 368 g/mol. The molecule has 19 heavy (non-hydrogen) atoms. The first-order chi connectivity index (χ1) is 8.91. The molecule has 0 aliphatic carbocycles. The lowest BCUT2D eigenvalue weighted by Crippen LogP contribution is -2.12. The minimum atomic E-state index is 0.203. The Balaban J connectivity index is 3.44. The maximum Gasteiger partial charge on any atom is 0.114 e. The minimum Gasteiger partial charge on any atom is -0.353 e. The van der Waals surface area contributed by atoms with Crippen molar-refractivity contribution < 1.29 is 4.74 Å². The summed E-state index contributed by atoms with van der Waals surface area (Å²) in [4.78, 5) is 0. The fourth-order valence-electron chi connectivity index (χ4n) is 2.01. The van der Waals surface area contributed by atoms with Crippen LogP contribution in [0.3, 0.4) is 0 Å². The minimum absolute atomic E-state index is 0.203. The molecule has 1 nitrogen and oxygen atoms in total. The van der Waals surface area contributed by atoms with E-state index in [1.54, 1.807) is 0 Å². The smallest absolute Gasteiger partial charge is 0.114 e. The summed E-state index contributed by atoms with van der Waals surface area (Å²) in [6, 6.07) is 0. The highest BCUT2D eigenvalue weighted by molar-refractivity contribution is 9.10. The van der Waals surface area contributed by atoms with Gasteiger partial charge in [0.2, 0.25) is 0 Å². The van der Waals surface area contributed by atoms with E-state index < -0.39 is 0 Å². The van der Waals surface area contributed by atoms with E-state index in [1.807, 2.05) is 0 Å². The zero-order valence-electron chi connectivity index (χ0n) is 13.1. The fourth-order valence-corrected chi connectivity index (χ4v) is 3.47. The molecule has 0 aliphatic heterocycles. The lowest BCUT2D eigenvalue weighted by Gasteiger charge is -2.17. The topological polar surface area (TPSA) is 9.23 Å². The Kier molecular flexibility index (Phi) is 13.3. The monoisotopic (exact) mass is 398 g/mol. The van der Waals surface area contributed by atoms with Crippen LogP contribution in [0.25, 0.3) is 0 Å². The summed E-state index contributed by atoms with van der Waals surface area (Å²) in [5.74, 6) is 1.64. The SMILES string of the molecule is CC(C)CCCCC(Br)OC(Br)CCCCC(C)C. The molecule has 0 aromatic rings. The first kappa shape index (κ1) is 19.9. The molecule has 2 unspecified atom stereocenters. The van der Waals surface area contributed by atoms with E-state index in [0.29, 0.717) is 0 Å². The molecule has 0 spiro atoms. The molecule has 0 saturated carbocycles. The standard InChI is InChI=1S/C16H32Br2O/c1-13(2)9-5-7-11-15(17)19-16(18)12-8-6-10-14(3)4/h13-16H,5-12H2,1-4H3. The van der Waals surface area contributed by atoms with Crippen LogP contribution in [-0.4, -0.2) is 10.0 Å². The quantitative estimate of drug-likeness (QED) is 0.256. The lowest BCUT2D eigenvalue weighted by atomic mass is 10.1. The zero-order valence-corrected chi connectivity index (χ0v) is 16.3. The zero-order chi connectivity index (χ0) is 14.7. The highest BCUT2D eigenvalue weighted by Gasteiger charge is 2.11. The third-order valence-corrected chi connectivity index (χ3v) is 4.57. The molecule has 3 heteroatoms. The predicted molar refractivity (Wildman–Crippen MR) is 93.1 cm³/mol. The summed E-state index contributed by atoms with van der Waals surface area (Å²) < 4.78 is 5.90. The van der Waals surface area contributed by atoms with Crippen LogP contribution in [0.1, 0.15) is 79.1 Å². The average molecular weight is 400 g/mol. The molecule has 2 atom stereocenters. The Hall–Kier alpha value is 0.920. The highest BCUT2D eigenvalue weighted by atomic mass is 79.9. The Morgan fingerprint density at radius 3 is 1.26 bits per heavy atom. The molecule has 116 valence electrons. The molecule has 0 saturated heterocycles. The molecule has 0 heterocycles. The number of alkyl halides is 2. The maximum atomic E-state index is 5.90. The summed E-state index contributed by atoms with van der Waals surface area (Å²) in [5.41, 5.74) is 0. The van der Waals surface area contributed by atoms with Crippen molar-refractivity contribution in [1.82, 2.24) is 0 Å². The van der Waals surface area contributed by atoms with Crippen LogP contribution < -0.4 is 0 Å². The molecule has 0 aromatic heterocycles. The van der Waals surface area contributed by atoms with Gasteiger partial charge >= 0.3 is 0 Å². The van der Waals surface area contributed by atoms with Crippen molar-refractivity contribution in [1.29, 1.82) is 0 Å². The van der Waals surface area contributed by atoms with Gasteiger partial charge < -0.3 is 4.74 Å². The number of hydrogen-bond donors (Lipinski definition) is 0. The Morgan fingerprint density at radius 2 is 0.947 bits per heavy atom. The van der Waals surface area contributed by atoms with E-state index in [4.69, 9.17) is 4.74 Å². The number of rotatable bonds is 12. The van der Waals surface area contributed by atoms with E-state index >= 15 is 0 Å². The van der Waals surface area contributed by atoms with Crippen LogP contribution in [0.15, 0.2) is 0 Å². The fraction of sp³-hybridized carbons (Fsp3) is 1.00. The van der Waals surface area contributed by atoms with Crippen molar-refractivity contribution in [2.75, 3.05) is 0 Å². The van der Waals surface area contributed by atoms with Gasteiger partial charge in [0, 0.05) is 0 Å². The van der Waals surface area contributed by atoms with E-state index in [9.17, 15) is 0 Å². The van der Waals surface area contributed by atoms with Crippen molar-refractivity contribution in [2.24, 2.45) is 11.8 Å². The van der Waals surface area contributed by atoms with Crippen molar-refractivity contribution >= 4 is 31.9 Å². The molecule has 0 rings (SSSR count). The van der Waals surface area contributed by atoms with Gasteiger partial charge in [-0.25, -0.2) is 0 Å². The highest BCUT2D eigenvalue weighted by Crippen LogP contribution is 2.21. The van der Waals surface area contributed by atoms with Crippen molar-refractivity contribution in [3.63, 3.8) is 0 Å². The first-order valence-electron chi connectivity index (χ1n) is 7.85. The molecular formula is C16H32Br2O. The third-order valence-electron chi connectivity index (χ3n) is 3.22. The van der Waals surface area contributed by atoms with Crippen LogP contribution in [0.4, 0.5) is 0 Å². The van der Waals surface area contributed by atoms with Crippen LogP contribution in [0.2, 0.25) is 0 Å². The van der Waals surface area contributed by atoms with Gasteiger partial charge in [-0.2, -0.15) is 0 Å². The van der Waals surface area contributed by atoms with Crippen LogP contribution in [-0.2, 0) is 4.74 Å². The molecule has 0 fully saturated rings. The van der Waals surface area contributed by atoms with Gasteiger partial charge in [-0.15, -0.1) is 0 Å². The normalized spacial score (nSPS) is 15.2. The Bertz CT molecular complexity index is 175. The second kappa shape index (κ2) is 12.6. The number of ether oxygens (including phenoxy) is 1. The van der Waals surface area contributed by atoms with E-state index in [1.165, 1.54) is 38.5 Å². The van der Waals surface area contributed by atoms with Gasteiger partial charge in [-0.05, 0) is 37.5 Å². The van der Waals surface area contributed by atoms with Crippen molar-refractivity contribution in [3.8, 4) is 0 Å². The Morgan fingerprint density at radius 1 is 0.632 bits per heavy atom. The molecule has 0 aliphatic rings. The summed E-state index contributed by atoms with van der Waals surface area (Å²) in [5, 5.41) is 0.406. The average Bonchev–Trinajstić information content (AvgIpc) is 2.30. The molecule has 0 amide bonds. The molecule has 0 aromatic carbocycles. The summed E-state index contributed by atoms with van der Waals surface area (Å²) in [6.07, 6.45) is 10.00. The van der Waals surface area contributed by atoms with Gasteiger partial charge in [0.1, 0.15) is 10.0 Å². The molecule has 0 bridgehead atoms. The van der Waals surface area contributed by atoms with Crippen LogP contribution in [0, 0.1) is 11.8 Å². The first-order valence-corrected chi connectivity index (χ1v) is 9.68. The van der Waals surface area contributed by atoms with Crippen LogP contribution in [0.5, 0.6) is 0 Å². The van der Waals surface area contributed by atoms with E-state index in [0.717, 1.165) is 24.7 Å². The lowest BCUT2D eigenvalue weighted by molar-refractivity contribution is 0.0865. The van der Waals surface area contributed by atoms with E-state index in [-0.39, 0.29) is 10.0 Å².